The van der Waals surface area contributed by atoms with Crippen molar-refractivity contribution in [1.82, 2.24) is 9.88 Å². The number of hydrogen-bond acceptors (Lipinski definition) is 5. The molecule has 0 bridgehead atoms. The Morgan fingerprint density at radius 3 is 2.68 bits per heavy atom. The lowest BCUT2D eigenvalue weighted by atomic mass is 10.0. The van der Waals surface area contributed by atoms with E-state index in [0.29, 0.717) is 5.56 Å². The van der Waals surface area contributed by atoms with E-state index in [2.05, 4.69) is 52.9 Å². The number of hydrogen-bond donors (Lipinski definition) is 1. The molecule has 0 saturated carbocycles. The number of anilines is 1. The zero-order chi connectivity index (χ0) is 18.8. The summed E-state index contributed by atoms with van der Waals surface area (Å²) >= 11 is 1.76. The molecule has 7 heteroatoms. The van der Waals surface area contributed by atoms with E-state index in [1.165, 1.54) is 10.4 Å². The number of nitriles is 1. The van der Waals surface area contributed by atoms with E-state index < -0.39 is 0 Å². The summed E-state index contributed by atoms with van der Waals surface area (Å²) in [7, 11) is 2.18. The molecule has 4 rings (SSSR count). The fourth-order valence-corrected chi connectivity index (χ4v) is 4.69. The Balaban J connectivity index is 0.00000225. The second kappa shape index (κ2) is 8.89. The summed E-state index contributed by atoms with van der Waals surface area (Å²) in [6.07, 6.45) is 0.791. The van der Waals surface area contributed by atoms with Crippen molar-refractivity contribution < 1.29 is 18.1 Å². The van der Waals surface area contributed by atoms with E-state index >= 15 is 0 Å². The maximum absolute atomic E-state index is 9.10. The number of rotatable bonds is 4. The monoisotopic (exact) mass is 413 g/mol. The Morgan fingerprint density at radius 2 is 1.93 bits per heavy atom. The summed E-state index contributed by atoms with van der Waals surface area (Å²) in [5.41, 5.74) is 8.53. The van der Waals surface area contributed by atoms with Crippen LogP contribution in [0.5, 0.6) is 0 Å². The average Bonchev–Trinajstić information content (AvgIpc) is 3.13. The molecule has 1 fully saturated rings. The van der Waals surface area contributed by atoms with Gasteiger partial charge in [-0.15, -0.1) is 11.3 Å². The number of halogens is 1. The molecule has 2 heterocycles. The maximum atomic E-state index is 9.10. The number of likely N-dealkylation sites (N-methyl/N-ethyl adjacent to an activating group) is 1. The van der Waals surface area contributed by atoms with Gasteiger partial charge < -0.3 is 27.9 Å². The summed E-state index contributed by atoms with van der Waals surface area (Å²) in [5, 5.41) is 10.2. The molecule has 3 aromatic rings. The Kier molecular flexibility index (Phi) is 6.53. The lowest BCUT2D eigenvalue weighted by Crippen LogP contribution is -3.00. The number of thiazole rings is 1. The van der Waals surface area contributed by atoms with E-state index in [-0.39, 0.29) is 18.4 Å². The SMILES string of the molecule is CN1CCN(c2cccc3nc(C([NH3+])Cc4cccc(C#N)c4)sc23)CC1.[Cl-]. The van der Waals surface area contributed by atoms with Crippen LogP contribution >= 0.6 is 11.3 Å². The number of piperazine rings is 1. The minimum Gasteiger partial charge on any atom is -1.00 e. The molecule has 1 atom stereocenters. The second-order valence-corrected chi connectivity index (χ2v) is 8.21. The molecular weight excluding hydrogens is 390 g/mol. The van der Waals surface area contributed by atoms with Gasteiger partial charge in [0.1, 0.15) is 6.04 Å². The van der Waals surface area contributed by atoms with Gasteiger partial charge in [-0.1, -0.05) is 18.2 Å². The molecule has 1 aliphatic rings. The molecule has 3 N–H and O–H groups in total. The van der Waals surface area contributed by atoms with E-state index in [9.17, 15) is 0 Å². The highest BCUT2D eigenvalue weighted by Crippen LogP contribution is 2.34. The highest BCUT2D eigenvalue weighted by molar-refractivity contribution is 7.19. The number of nitrogens with zero attached hydrogens (tertiary/aromatic N) is 4. The highest BCUT2D eigenvalue weighted by Gasteiger charge is 2.21. The van der Waals surface area contributed by atoms with Gasteiger partial charge in [0.25, 0.3) is 0 Å². The first-order valence-corrected chi connectivity index (χ1v) is 10.1. The number of quaternary nitrogens is 1. The van der Waals surface area contributed by atoms with Crippen LogP contribution in [-0.4, -0.2) is 43.1 Å². The summed E-state index contributed by atoms with van der Waals surface area (Å²) in [4.78, 5) is 9.72. The van der Waals surface area contributed by atoms with Gasteiger partial charge >= 0.3 is 0 Å². The van der Waals surface area contributed by atoms with Crippen LogP contribution in [0, 0.1) is 11.3 Å². The Morgan fingerprint density at radius 1 is 1.18 bits per heavy atom. The van der Waals surface area contributed by atoms with Gasteiger partial charge in [-0.2, -0.15) is 5.26 Å². The predicted molar refractivity (Wildman–Crippen MR) is 110 cm³/mol. The molecule has 0 amide bonds. The van der Waals surface area contributed by atoms with Crippen LogP contribution in [-0.2, 0) is 6.42 Å². The van der Waals surface area contributed by atoms with Crippen LogP contribution in [0.3, 0.4) is 0 Å². The van der Waals surface area contributed by atoms with Gasteiger partial charge in [-0.05, 0) is 36.9 Å². The lowest BCUT2D eigenvalue weighted by molar-refractivity contribution is -0.425. The van der Waals surface area contributed by atoms with Crippen molar-refractivity contribution in [2.75, 3.05) is 38.1 Å². The van der Waals surface area contributed by atoms with Crippen LogP contribution in [0.4, 0.5) is 5.69 Å². The third-order valence-corrected chi connectivity index (χ3v) is 6.40. The van der Waals surface area contributed by atoms with Gasteiger partial charge in [0.15, 0.2) is 5.01 Å². The molecule has 2 aromatic carbocycles. The highest BCUT2D eigenvalue weighted by atomic mass is 35.5. The first-order valence-electron chi connectivity index (χ1n) is 9.29. The minimum atomic E-state index is 0. The molecule has 0 spiro atoms. The molecule has 5 nitrogen and oxygen atoms in total. The minimum absolute atomic E-state index is 0. The van der Waals surface area contributed by atoms with Crippen LogP contribution < -0.4 is 23.0 Å². The predicted octanol–water partition coefficient (Wildman–Crippen LogP) is -0.551. The Hall–Kier alpha value is -2.17. The fraction of sp³-hybridized carbons (Fsp3) is 0.333. The third-order valence-electron chi connectivity index (χ3n) is 5.14. The largest absolute Gasteiger partial charge is 1.00 e. The number of aromatic nitrogens is 1. The summed E-state index contributed by atoms with van der Waals surface area (Å²) < 4.78 is 1.26. The zero-order valence-corrected chi connectivity index (χ0v) is 17.5. The lowest BCUT2D eigenvalue weighted by Gasteiger charge is -2.34. The van der Waals surface area contributed by atoms with E-state index in [4.69, 9.17) is 10.2 Å². The van der Waals surface area contributed by atoms with Gasteiger partial charge in [0.05, 0.1) is 27.5 Å². The van der Waals surface area contributed by atoms with E-state index in [0.717, 1.165) is 48.7 Å². The Labute approximate surface area is 175 Å². The fourth-order valence-electron chi connectivity index (χ4n) is 3.56. The first-order chi connectivity index (χ1) is 13.1. The topological polar surface area (TPSA) is 70.8 Å². The van der Waals surface area contributed by atoms with Crippen LogP contribution in [0.15, 0.2) is 42.5 Å². The molecule has 1 aliphatic heterocycles. The van der Waals surface area contributed by atoms with Crippen molar-refractivity contribution in [2.45, 2.75) is 12.5 Å². The summed E-state index contributed by atoms with van der Waals surface area (Å²) in [6, 6.07) is 16.5. The maximum Gasteiger partial charge on any atom is 0.152 e. The third kappa shape index (κ3) is 4.29. The summed E-state index contributed by atoms with van der Waals surface area (Å²) in [6.45, 7) is 4.29. The van der Waals surface area contributed by atoms with Gasteiger partial charge in [0, 0.05) is 32.6 Å². The van der Waals surface area contributed by atoms with Crippen molar-refractivity contribution in [3.63, 3.8) is 0 Å². The van der Waals surface area contributed by atoms with Gasteiger partial charge in [0.2, 0.25) is 0 Å². The van der Waals surface area contributed by atoms with E-state index in [1.54, 1.807) is 11.3 Å². The smallest absolute Gasteiger partial charge is 0.152 e. The molecule has 146 valence electrons. The van der Waals surface area contributed by atoms with Gasteiger partial charge in [-0.25, -0.2) is 4.98 Å². The van der Waals surface area contributed by atoms with Crippen molar-refractivity contribution in [2.24, 2.45) is 0 Å². The van der Waals surface area contributed by atoms with Crippen molar-refractivity contribution >= 4 is 27.2 Å². The second-order valence-electron chi connectivity index (χ2n) is 7.18. The first kappa shape index (κ1) is 20.6. The normalized spacial score (nSPS) is 15.8. The molecule has 0 radical (unpaired) electrons. The van der Waals surface area contributed by atoms with Crippen LogP contribution in [0.1, 0.15) is 22.2 Å². The van der Waals surface area contributed by atoms with Crippen LogP contribution in [0.25, 0.3) is 10.2 Å². The number of fused-ring (bicyclic) bond motifs is 1. The van der Waals surface area contributed by atoms with Crippen LogP contribution in [0.2, 0.25) is 0 Å². The molecule has 1 unspecified atom stereocenters. The summed E-state index contributed by atoms with van der Waals surface area (Å²) in [5.74, 6) is 0. The number of benzene rings is 2. The molecule has 1 aromatic heterocycles. The van der Waals surface area contributed by atoms with E-state index in [1.807, 2.05) is 18.2 Å². The Bertz CT molecular complexity index is 988. The average molecular weight is 414 g/mol. The van der Waals surface area contributed by atoms with Crippen molar-refractivity contribution in [3.8, 4) is 6.07 Å². The van der Waals surface area contributed by atoms with Gasteiger partial charge in [-0.3, -0.25) is 0 Å². The standard InChI is InChI=1S/C21H23N5S.ClH/c1-25-8-10-26(11-9-25)19-7-3-6-18-20(19)27-21(24-18)17(23)13-15-4-2-5-16(12-15)14-22;/h2-7,12,17H,8-11,13,23H2,1H3;1H. The van der Waals surface area contributed by atoms with Crippen molar-refractivity contribution in [3.05, 3.63) is 58.6 Å². The molecule has 28 heavy (non-hydrogen) atoms. The van der Waals surface area contributed by atoms with Crippen molar-refractivity contribution in [1.29, 1.82) is 5.26 Å². The molecular formula is C21H24ClN5S. The molecule has 0 aliphatic carbocycles. The zero-order valence-electron chi connectivity index (χ0n) is 15.9. The molecule has 1 saturated heterocycles. The quantitative estimate of drug-likeness (QED) is 0.623.